The lowest BCUT2D eigenvalue weighted by Crippen LogP contribution is -1.91. The van der Waals surface area contributed by atoms with Gasteiger partial charge in [-0.1, -0.05) is 38.5 Å². The highest BCUT2D eigenvalue weighted by Gasteiger charge is 2.18. The average molecular weight is 284 g/mol. The summed E-state index contributed by atoms with van der Waals surface area (Å²) in [7, 11) is -2.18. The first kappa shape index (κ1) is 15.9. The van der Waals surface area contributed by atoms with Gasteiger partial charge in [-0.2, -0.15) is 0 Å². The predicted molar refractivity (Wildman–Crippen MR) is 75.7 cm³/mol. The van der Waals surface area contributed by atoms with E-state index in [-0.39, 0.29) is 5.97 Å². The van der Waals surface area contributed by atoms with Crippen molar-refractivity contribution < 1.29 is 19.0 Å². The van der Waals surface area contributed by atoms with E-state index in [0.717, 1.165) is 18.4 Å². The average Bonchev–Trinajstić information content (AvgIpc) is 2.72. The molecule has 0 bridgehead atoms. The molecule has 2 rings (SSSR count). The molecule has 106 valence electrons. The highest BCUT2D eigenvalue weighted by molar-refractivity contribution is 7.37. The fourth-order valence-electron chi connectivity index (χ4n) is 1.73. The fraction of sp³-hybridized carbons (Fsp3) is 0.500. The Bertz CT molecular complexity index is 443. The molecule has 4 nitrogen and oxygen atoms in total. The van der Waals surface area contributed by atoms with Gasteiger partial charge in [0.05, 0.1) is 5.56 Å². The Morgan fingerprint density at radius 1 is 1.37 bits per heavy atom. The third-order valence-electron chi connectivity index (χ3n) is 2.77. The minimum Gasteiger partial charge on any atom is -0.457 e. The molecule has 1 unspecified atom stereocenters. The summed E-state index contributed by atoms with van der Waals surface area (Å²) < 4.78 is 15.0. The standard InChI is InChI=1S/C8H6O2.C6H15O2P/c9-8-7-4-2-1-3-6(7)5-10-8;1-6(2)4-3-5-9(7)8/h1-4H,5H2;6,9H,3-5H2,1-2H3,(H,7,8). The minimum absolute atomic E-state index is 0.199. The summed E-state index contributed by atoms with van der Waals surface area (Å²) in [6.45, 7) is 4.68. The zero-order valence-electron chi connectivity index (χ0n) is 11.4. The molecule has 0 aliphatic carbocycles. The van der Waals surface area contributed by atoms with E-state index < -0.39 is 8.03 Å². The van der Waals surface area contributed by atoms with E-state index in [1.165, 1.54) is 0 Å². The lowest BCUT2D eigenvalue weighted by molar-refractivity contribution is 0.0535. The molecule has 1 N–H and O–H groups in total. The lowest BCUT2D eigenvalue weighted by Gasteiger charge is -2.00. The van der Waals surface area contributed by atoms with Gasteiger partial charge in [-0.3, -0.25) is 4.57 Å². The molecule has 1 aromatic carbocycles. The molecule has 19 heavy (non-hydrogen) atoms. The minimum atomic E-state index is -2.18. The molecule has 1 aliphatic heterocycles. The smallest absolute Gasteiger partial charge is 0.338 e. The Hall–Kier alpha value is -1.12. The second kappa shape index (κ2) is 8.13. The number of ether oxygens (including phenoxy) is 1. The van der Waals surface area contributed by atoms with Crippen LogP contribution in [0.2, 0.25) is 0 Å². The van der Waals surface area contributed by atoms with Gasteiger partial charge in [0, 0.05) is 11.7 Å². The van der Waals surface area contributed by atoms with Crippen LogP contribution in [-0.4, -0.2) is 17.0 Å². The fourth-order valence-corrected chi connectivity index (χ4v) is 2.23. The summed E-state index contributed by atoms with van der Waals surface area (Å²) in [6.07, 6.45) is 2.46. The van der Waals surface area contributed by atoms with Crippen molar-refractivity contribution in [1.82, 2.24) is 0 Å². The number of rotatable bonds is 4. The molecule has 1 aromatic rings. The van der Waals surface area contributed by atoms with Crippen LogP contribution < -0.4 is 0 Å². The van der Waals surface area contributed by atoms with Crippen LogP contribution in [0.15, 0.2) is 24.3 Å². The summed E-state index contributed by atoms with van der Waals surface area (Å²) in [5.74, 6) is 0.460. The van der Waals surface area contributed by atoms with Gasteiger partial charge in [0.25, 0.3) is 0 Å². The first-order chi connectivity index (χ1) is 9.00. The highest BCUT2D eigenvalue weighted by Crippen LogP contribution is 2.18. The summed E-state index contributed by atoms with van der Waals surface area (Å²) in [4.78, 5) is 19.3. The van der Waals surface area contributed by atoms with Crippen LogP contribution >= 0.6 is 8.03 Å². The van der Waals surface area contributed by atoms with E-state index in [1.807, 2.05) is 18.2 Å². The van der Waals surface area contributed by atoms with Crippen molar-refractivity contribution in [2.24, 2.45) is 5.92 Å². The molecule has 0 spiro atoms. The van der Waals surface area contributed by atoms with Gasteiger partial charge in [0.15, 0.2) is 8.03 Å². The van der Waals surface area contributed by atoms with Crippen LogP contribution in [0.4, 0.5) is 0 Å². The maximum Gasteiger partial charge on any atom is 0.338 e. The van der Waals surface area contributed by atoms with E-state index in [1.54, 1.807) is 6.07 Å². The quantitative estimate of drug-likeness (QED) is 0.681. The number of benzene rings is 1. The summed E-state index contributed by atoms with van der Waals surface area (Å²) >= 11 is 0. The number of carbonyl (C=O) groups is 1. The first-order valence-electron chi connectivity index (χ1n) is 6.47. The van der Waals surface area contributed by atoms with Crippen LogP contribution in [0.5, 0.6) is 0 Å². The number of esters is 1. The zero-order valence-corrected chi connectivity index (χ0v) is 12.4. The van der Waals surface area contributed by atoms with Gasteiger partial charge >= 0.3 is 5.97 Å². The Labute approximate surface area is 114 Å². The third-order valence-corrected chi connectivity index (χ3v) is 3.55. The third kappa shape index (κ3) is 6.04. The highest BCUT2D eigenvalue weighted by atomic mass is 31.1. The molecule has 0 radical (unpaired) electrons. The molecule has 0 saturated carbocycles. The molecular weight excluding hydrogens is 263 g/mol. The van der Waals surface area contributed by atoms with Crippen molar-refractivity contribution in [3.63, 3.8) is 0 Å². The maximum absolute atomic E-state index is 10.8. The molecule has 5 heteroatoms. The Morgan fingerprint density at radius 2 is 2.05 bits per heavy atom. The van der Waals surface area contributed by atoms with Gasteiger partial charge in [-0.25, -0.2) is 4.79 Å². The summed E-state index contributed by atoms with van der Waals surface area (Å²) in [5.41, 5.74) is 1.70. The largest absolute Gasteiger partial charge is 0.457 e. The number of hydrogen-bond donors (Lipinski definition) is 1. The van der Waals surface area contributed by atoms with Crippen LogP contribution in [0.25, 0.3) is 0 Å². The van der Waals surface area contributed by atoms with Gasteiger partial charge in [0.1, 0.15) is 6.61 Å². The second-order valence-electron chi connectivity index (χ2n) is 4.91. The predicted octanol–water partition coefficient (Wildman–Crippen LogP) is 3.25. The number of hydrogen-bond acceptors (Lipinski definition) is 3. The van der Waals surface area contributed by atoms with Crippen molar-refractivity contribution in [3.8, 4) is 0 Å². The first-order valence-corrected chi connectivity index (χ1v) is 8.03. The second-order valence-corrected chi connectivity index (χ2v) is 6.20. The number of cyclic esters (lactones) is 1. The monoisotopic (exact) mass is 284 g/mol. The van der Waals surface area contributed by atoms with Crippen LogP contribution in [-0.2, 0) is 15.9 Å². The zero-order chi connectivity index (χ0) is 14.3. The van der Waals surface area contributed by atoms with E-state index in [0.29, 0.717) is 24.3 Å². The molecule has 0 saturated heterocycles. The molecule has 0 fully saturated rings. The van der Waals surface area contributed by atoms with E-state index in [9.17, 15) is 9.36 Å². The van der Waals surface area contributed by atoms with Crippen molar-refractivity contribution in [2.45, 2.75) is 33.3 Å². The van der Waals surface area contributed by atoms with Crippen molar-refractivity contribution in [1.29, 1.82) is 0 Å². The van der Waals surface area contributed by atoms with Crippen molar-refractivity contribution in [3.05, 3.63) is 35.4 Å². The molecule has 1 heterocycles. The summed E-state index contributed by atoms with van der Waals surface area (Å²) in [6, 6.07) is 7.43. The van der Waals surface area contributed by atoms with Crippen LogP contribution in [0.1, 0.15) is 42.6 Å². The Balaban J connectivity index is 0.000000192. The maximum atomic E-state index is 10.8. The SMILES string of the molecule is CC(C)CCC[PH](=O)O.O=C1OCc2ccccc21. The Morgan fingerprint density at radius 3 is 2.63 bits per heavy atom. The van der Waals surface area contributed by atoms with Gasteiger partial charge < -0.3 is 9.63 Å². The van der Waals surface area contributed by atoms with Gasteiger partial charge in [0.2, 0.25) is 0 Å². The lowest BCUT2D eigenvalue weighted by atomic mass is 10.1. The number of fused-ring (bicyclic) bond motifs is 1. The van der Waals surface area contributed by atoms with Gasteiger partial charge in [-0.15, -0.1) is 0 Å². The molecule has 0 aromatic heterocycles. The normalized spacial score (nSPS) is 14.4. The number of carbonyl (C=O) groups excluding carboxylic acids is 1. The van der Waals surface area contributed by atoms with E-state index in [2.05, 4.69) is 13.8 Å². The topological polar surface area (TPSA) is 63.6 Å². The molecule has 0 amide bonds. The van der Waals surface area contributed by atoms with E-state index in [4.69, 9.17) is 9.63 Å². The Kier molecular flexibility index (Phi) is 6.82. The van der Waals surface area contributed by atoms with Crippen molar-refractivity contribution >= 4 is 14.0 Å². The van der Waals surface area contributed by atoms with E-state index >= 15 is 0 Å². The molecule has 1 aliphatic rings. The van der Waals surface area contributed by atoms with Gasteiger partial charge in [-0.05, 0) is 18.4 Å². The van der Waals surface area contributed by atoms with Crippen molar-refractivity contribution in [2.75, 3.05) is 6.16 Å². The van der Waals surface area contributed by atoms with Crippen LogP contribution in [0, 0.1) is 5.92 Å². The summed E-state index contributed by atoms with van der Waals surface area (Å²) in [5, 5.41) is 0. The van der Waals surface area contributed by atoms with Crippen LogP contribution in [0.3, 0.4) is 0 Å². The molecular formula is C14H21O4P. The molecule has 1 atom stereocenters.